The van der Waals surface area contributed by atoms with Crippen molar-refractivity contribution in [3.63, 3.8) is 0 Å². The van der Waals surface area contributed by atoms with Crippen molar-refractivity contribution in [1.82, 2.24) is 0 Å². The van der Waals surface area contributed by atoms with Crippen LogP contribution in [0.25, 0.3) is 0 Å². The number of carbonyl (C=O) groups is 1. The summed E-state index contributed by atoms with van der Waals surface area (Å²) in [5.41, 5.74) is -0.613. The summed E-state index contributed by atoms with van der Waals surface area (Å²) >= 11 is 0. The molecule has 0 aliphatic carbocycles. The van der Waals surface area contributed by atoms with Crippen LogP contribution in [0.4, 0.5) is 14.5 Å². The van der Waals surface area contributed by atoms with Gasteiger partial charge in [-0.15, -0.1) is 0 Å². The smallest absolute Gasteiger partial charge is 0.371 e. The minimum Gasteiger partial charge on any atom is -0.475 e. The Hall–Kier alpha value is -2.42. The Morgan fingerprint density at radius 3 is 2.50 bits per heavy atom. The molecule has 0 radical (unpaired) electrons. The molecule has 0 saturated carbocycles. The van der Waals surface area contributed by atoms with Crippen LogP contribution in [0, 0.1) is 11.6 Å². The zero-order chi connectivity index (χ0) is 14.9. The number of benzene rings is 1. The van der Waals surface area contributed by atoms with Crippen LogP contribution in [0.1, 0.15) is 10.6 Å². The lowest BCUT2D eigenvalue weighted by Gasteiger charge is -2.06. The molecule has 9 heteroatoms. The predicted octanol–water partition coefficient (Wildman–Crippen LogP) is 2.06. The third-order valence-electron chi connectivity index (χ3n) is 2.25. The van der Waals surface area contributed by atoms with Crippen molar-refractivity contribution in [2.45, 2.75) is 5.09 Å². The van der Waals surface area contributed by atoms with E-state index in [1.165, 1.54) is 0 Å². The molecule has 0 amide bonds. The van der Waals surface area contributed by atoms with Gasteiger partial charge >= 0.3 is 5.97 Å². The summed E-state index contributed by atoms with van der Waals surface area (Å²) in [5, 5.41) is 7.89. The number of sulfonamides is 1. The van der Waals surface area contributed by atoms with E-state index in [-0.39, 0.29) is 0 Å². The normalized spacial score (nSPS) is 11.3. The topological polar surface area (TPSA) is 96.6 Å². The van der Waals surface area contributed by atoms with Crippen LogP contribution in [0.5, 0.6) is 0 Å². The van der Waals surface area contributed by atoms with Crippen LogP contribution in [-0.2, 0) is 10.0 Å². The van der Waals surface area contributed by atoms with E-state index < -0.39 is 44.2 Å². The van der Waals surface area contributed by atoms with Gasteiger partial charge in [-0.1, -0.05) is 6.07 Å². The summed E-state index contributed by atoms with van der Waals surface area (Å²) in [6.45, 7) is 0. The molecule has 20 heavy (non-hydrogen) atoms. The molecule has 0 aliphatic rings. The molecule has 0 unspecified atom stereocenters. The molecular weight excluding hydrogens is 296 g/mol. The van der Waals surface area contributed by atoms with Gasteiger partial charge in [0, 0.05) is 0 Å². The van der Waals surface area contributed by atoms with Gasteiger partial charge in [0.2, 0.25) is 10.9 Å². The van der Waals surface area contributed by atoms with Gasteiger partial charge in [0.05, 0.1) is 5.69 Å². The fourth-order valence-corrected chi connectivity index (χ4v) is 2.35. The number of hydrogen-bond donors (Lipinski definition) is 2. The number of aromatic carboxylic acids is 1. The van der Waals surface area contributed by atoms with E-state index in [2.05, 4.69) is 4.42 Å². The molecule has 1 heterocycles. The highest BCUT2D eigenvalue weighted by Gasteiger charge is 2.23. The van der Waals surface area contributed by atoms with Crippen molar-refractivity contribution < 1.29 is 31.5 Å². The van der Waals surface area contributed by atoms with Crippen LogP contribution in [-0.4, -0.2) is 19.5 Å². The second kappa shape index (κ2) is 4.93. The third-order valence-corrected chi connectivity index (χ3v) is 3.49. The lowest BCUT2D eigenvalue weighted by molar-refractivity contribution is 0.0656. The molecule has 1 aromatic heterocycles. The van der Waals surface area contributed by atoms with Crippen LogP contribution in [0.2, 0.25) is 0 Å². The van der Waals surface area contributed by atoms with Crippen LogP contribution in [0.15, 0.2) is 39.8 Å². The van der Waals surface area contributed by atoms with E-state index in [0.717, 1.165) is 30.3 Å². The number of furan rings is 1. The molecule has 0 atom stereocenters. The van der Waals surface area contributed by atoms with Crippen molar-refractivity contribution >= 4 is 21.7 Å². The van der Waals surface area contributed by atoms with E-state index in [1.54, 1.807) is 4.72 Å². The van der Waals surface area contributed by atoms with Gasteiger partial charge < -0.3 is 9.52 Å². The minimum atomic E-state index is -4.35. The molecule has 0 spiro atoms. The molecule has 1 aromatic carbocycles. The SMILES string of the molecule is O=C(O)c1ccc(S(=O)(=O)Nc2cccc(F)c2F)o1. The van der Waals surface area contributed by atoms with E-state index in [9.17, 15) is 22.0 Å². The highest BCUT2D eigenvalue weighted by atomic mass is 32.2. The molecule has 2 rings (SSSR count). The average Bonchev–Trinajstić information content (AvgIpc) is 2.85. The van der Waals surface area contributed by atoms with Crippen molar-refractivity contribution in [3.05, 3.63) is 47.7 Å². The number of nitrogens with one attached hydrogen (secondary N) is 1. The highest BCUT2D eigenvalue weighted by Crippen LogP contribution is 2.22. The maximum Gasteiger partial charge on any atom is 0.371 e. The minimum absolute atomic E-state index is 0.593. The molecular formula is C11H7F2NO5S. The largest absolute Gasteiger partial charge is 0.475 e. The Labute approximate surface area is 111 Å². The van der Waals surface area contributed by atoms with Crippen molar-refractivity contribution in [2.24, 2.45) is 0 Å². The zero-order valence-corrected chi connectivity index (χ0v) is 10.4. The summed E-state index contributed by atoms with van der Waals surface area (Å²) in [6.07, 6.45) is 0. The molecule has 0 aliphatic heterocycles. The fourth-order valence-electron chi connectivity index (χ4n) is 1.36. The first-order valence-corrected chi connectivity index (χ1v) is 6.59. The lowest BCUT2D eigenvalue weighted by Crippen LogP contribution is -2.13. The fraction of sp³-hybridized carbons (Fsp3) is 0. The van der Waals surface area contributed by atoms with Gasteiger partial charge in [-0.25, -0.2) is 13.6 Å². The first-order chi connectivity index (χ1) is 9.31. The second-order valence-corrected chi connectivity index (χ2v) is 5.24. The predicted molar refractivity (Wildman–Crippen MR) is 62.8 cm³/mol. The second-order valence-electron chi connectivity index (χ2n) is 3.63. The Balaban J connectivity index is 2.35. The summed E-state index contributed by atoms with van der Waals surface area (Å²) in [4.78, 5) is 10.6. The average molecular weight is 303 g/mol. The van der Waals surface area contributed by atoms with Crippen LogP contribution >= 0.6 is 0 Å². The molecule has 0 bridgehead atoms. The van der Waals surface area contributed by atoms with Crippen LogP contribution in [0.3, 0.4) is 0 Å². The van der Waals surface area contributed by atoms with Crippen LogP contribution < -0.4 is 4.72 Å². The van der Waals surface area contributed by atoms with Gasteiger partial charge in [0.1, 0.15) is 0 Å². The number of carboxylic acid groups (broad SMARTS) is 1. The first kappa shape index (κ1) is 14.0. The Kier molecular flexibility index (Phi) is 3.45. The quantitative estimate of drug-likeness (QED) is 0.901. The summed E-state index contributed by atoms with van der Waals surface area (Å²) < 4.78 is 56.3. The lowest BCUT2D eigenvalue weighted by atomic mass is 10.3. The number of halogens is 2. The number of rotatable bonds is 4. The Morgan fingerprint density at radius 2 is 1.90 bits per heavy atom. The number of carboxylic acids is 1. The first-order valence-electron chi connectivity index (χ1n) is 5.11. The van der Waals surface area contributed by atoms with Gasteiger partial charge in [0.15, 0.2) is 11.6 Å². The third kappa shape index (κ3) is 2.62. The van der Waals surface area contributed by atoms with Gasteiger partial charge in [-0.2, -0.15) is 8.42 Å². The maximum absolute atomic E-state index is 13.4. The number of anilines is 1. The standard InChI is InChI=1S/C11H7F2NO5S/c12-6-2-1-3-7(10(6)13)14-20(17,18)9-5-4-8(19-9)11(15)16/h1-5,14H,(H,15,16). The van der Waals surface area contributed by atoms with Crippen molar-refractivity contribution in [2.75, 3.05) is 4.72 Å². The highest BCUT2D eigenvalue weighted by molar-refractivity contribution is 7.92. The van der Waals surface area contributed by atoms with Crippen molar-refractivity contribution in [3.8, 4) is 0 Å². The van der Waals surface area contributed by atoms with Gasteiger partial charge in [-0.3, -0.25) is 4.72 Å². The Morgan fingerprint density at radius 1 is 1.20 bits per heavy atom. The molecule has 106 valence electrons. The van der Waals surface area contributed by atoms with E-state index in [1.807, 2.05) is 0 Å². The van der Waals surface area contributed by atoms with Crippen molar-refractivity contribution in [1.29, 1.82) is 0 Å². The van der Waals surface area contributed by atoms with Gasteiger partial charge in [-0.05, 0) is 24.3 Å². The summed E-state index contributed by atoms with van der Waals surface area (Å²) in [7, 11) is -4.35. The molecule has 0 fully saturated rings. The molecule has 6 nitrogen and oxygen atoms in total. The Bertz CT molecular complexity index is 769. The molecule has 0 saturated heterocycles. The number of hydrogen-bond acceptors (Lipinski definition) is 4. The maximum atomic E-state index is 13.4. The summed E-state index contributed by atoms with van der Waals surface area (Å²) in [5.74, 6) is -4.65. The summed E-state index contributed by atoms with van der Waals surface area (Å²) in [6, 6.07) is 4.77. The molecule has 2 N–H and O–H groups in total. The van der Waals surface area contributed by atoms with E-state index in [0.29, 0.717) is 0 Å². The zero-order valence-electron chi connectivity index (χ0n) is 9.63. The van der Waals surface area contributed by atoms with Gasteiger partial charge in [0.25, 0.3) is 10.0 Å². The van der Waals surface area contributed by atoms with E-state index in [4.69, 9.17) is 5.11 Å². The molecule has 2 aromatic rings. The monoisotopic (exact) mass is 303 g/mol. The van der Waals surface area contributed by atoms with E-state index >= 15 is 0 Å².